The molecule has 84 valence electrons. The van der Waals surface area contributed by atoms with Crippen molar-refractivity contribution in [1.29, 1.82) is 0 Å². The summed E-state index contributed by atoms with van der Waals surface area (Å²) in [7, 11) is 0. The van der Waals surface area contributed by atoms with E-state index in [1.165, 1.54) is 18.4 Å². The van der Waals surface area contributed by atoms with E-state index in [0.29, 0.717) is 18.6 Å². The third-order valence-electron chi connectivity index (χ3n) is 3.33. The van der Waals surface area contributed by atoms with E-state index < -0.39 is 0 Å². The molecule has 0 saturated carbocycles. The van der Waals surface area contributed by atoms with Crippen LogP contribution in [0.5, 0.6) is 0 Å². The van der Waals surface area contributed by atoms with Crippen LogP contribution >= 0.6 is 11.3 Å². The Labute approximate surface area is 95.5 Å². The van der Waals surface area contributed by atoms with Crippen LogP contribution in [0.25, 0.3) is 0 Å². The number of hydrogen-bond acceptors (Lipinski definition) is 3. The van der Waals surface area contributed by atoms with E-state index in [9.17, 15) is 5.11 Å². The molecule has 2 rings (SSSR count). The Hall–Kier alpha value is -0.380. The summed E-state index contributed by atoms with van der Waals surface area (Å²) in [5, 5.41) is 13.5. The van der Waals surface area contributed by atoms with Gasteiger partial charge in [-0.1, -0.05) is 0 Å². The molecule has 1 aromatic heterocycles. The Kier molecular flexibility index (Phi) is 3.78. The summed E-state index contributed by atoms with van der Waals surface area (Å²) in [6.07, 6.45) is 2.40. The van der Waals surface area contributed by atoms with Gasteiger partial charge in [0, 0.05) is 25.7 Å². The molecular formula is C12H19NOS. The predicted molar refractivity (Wildman–Crippen MR) is 64.0 cm³/mol. The molecule has 0 unspecified atom stereocenters. The summed E-state index contributed by atoms with van der Waals surface area (Å²) in [5.74, 6) is 0.486. The molecule has 0 aromatic carbocycles. The Morgan fingerprint density at radius 2 is 2.40 bits per heavy atom. The van der Waals surface area contributed by atoms with Crippen LogP contribution in [0, 0.1) is 5.92 Å². The second-order valence-corrected chi connectivity index (χ2v) is 5.32. The Balaban J connectivity index is 1.94. The highest BCUT2D eigenvalue weighted by Gasteiger charge is 2.24. The minimum Gasteiger partial charge on any atom is -0.396 e. The molecule has 1 saturated heterocycles. The lowest BCUT2D eigenvalue weighted by Crippen LogP contribution is -2.42. The fourth-order valence-electron chi connectivity index (χ4n) is 2.25. The maximum Gasteiger partial charge on any atom is 0.0471 e. The molecule has 2 atom stereocenters. The lowest BCUT2D eigenvalue weighted by Gasteiger charge is -2.37. The Morgan fingerprint density at radius 1 is 1.53 bits per heavy atom. The van der Waals surface area contributed by atoms with Gasteiger partial charge in [0.1, 0.15) is 0 Å². The normalized spacial score (nSPS) is 28.1. The van der Waals surface area contributed by atoms with Gasteiger partial charge in [0.25, 0.3) is 0 Å². The minimum absolute atomic E-state index is 0.340. The standard InChI is InChI=1S/C12H19NOS/c1-10-2-3-11(8-14)6-13(10)7-12-4-5-15-9-12/h4-5,9-11,14H,2-3,6-8H2,1H3/t10-,11+/m0/s1. The van der Waals surface area contributed by atoms with Crippen molar-refractivity contribution in [2.24, 2.45) is 5.92 Å². The van der Waals surface area contributed by atoms with E-state index in [2.05, 4.69) is 28.7 Å². The summed E-state index contributed by atoms with van der Waals surface area (Å²) in [5.41, 5.74) is 1.41. The van der Waals surface area contributed by atoms with Crippen molar-refractivity contribution >= 4 is 11.3 Å². The fourth-order valence-corrected chi connectivity index (χ4v) is 2.91. The van der Waals surface area contributed by atoms with Crippen LogP contribution in [-0.2, 0) is 6.54 Å². The van der Waals surface area contributed by atoms with Crippen molar-refractivity contribution in [2.45, 2.75) is 32.4 Å². The van der Waals surface area contributed by atoms with Gasteiger partial charge in [0.05, 0.1) is 0 Å². The topological polar surface area (TPSA) is 23.5 Å². The molecule has 1 N–H and O–H groups in total. The molecule has 2 nitrogen and oxygen atoms in total. The van der Waals surface area contributed by atoms with Crippen LogP contribution in [-0.4, -0.2) is 29.2 Å². The molecule has 0 radical (unpaired) electrons. The second-order valence-electron chi connectivity index (χ2n) is 4.54. The van der Waals surface area contributed by atoms with Gasteiger partial charge in [-0.15, -0.1) is 0 Å². The number of thiophene rings is 1. The highest BCUT2D eigenvalue weighted by atomic mass is 32.1. The lowest BCUT2D eigenvalue weighted by molar-refractivity contribution is 0.0772. The molecule has 0 bridgehead atoms. The van der Waals surface area contributed by atoms with Crippen molar-refractivity contribution in [3.63, 3.8) is 0 Å². The van der Waals surface area contributed by atoms with Crippen molar-refractivity contribution in [3.8, 4) is 0 Å². The van der Waals surface area contributed by atoms with Gasteiger partial charge in [0.15, 0.2) is 0 Å². The average molecular weight is 225 g/mol. The van der Waals surface area contributed by atoms with Gasteiger partial charge < -0.3 is 5.11 Å². The molecule has 0 aliphatic carbocycles. The Morgan fingerprint density at radius 3 is 3.07 bits per heavy atom. The maximum atomic E-state index is 9.20. The molecular weight excluding hydrogens is 206 g/mol. The first-order chi connectivity index (χ1) is 7.29. The van der Waals surface area contributed by atoms with Gasteiger partial charge in [-0.25, -0.2) is 0 Å². The SMILES string of the molecule is C[C@H]1CC[C@@H](CO)CN1Cc1ccsc1. The number of rotatable bonds is 3. The number of hydrogen-bond donors (Lipinski definition) is 1. The highest BCUT2D eigenvalue weighted by Crippen LogP contribution is 2.23. The van der Waals surface area contributed by atoms with Gasteiger partial charge in [-0.2, -0.15) is 11.3 Å². The smallest absolute Gasteiger partial charge is 0.0471 e. The zero-order valence-electron chi connectivity index (χ0n) is 9.22. The predicted octanol–water partition coefficient (Wildman–Crippen LogP) is 2.34. The molecule has 0 amide bonds. The molecule has 1 aliphatic rings. The molecule has 3 heteroatoms. The monoisotopic (exact) mass is 225 g/mol. The van der Waals surface area contributed by atoms with E-state index in [1.807, 2.05) is 0 Å². The van der Waals surface area contributed by atoms with Crippen molar-refractivity contribution in [1.82, 2.24) is 4.90 Å². The molecule has 2 heterocycles. The first kappa shape index (κ1) is 11.1. The largest absolute Gasteiger partial charge is 0.396 e. The molecule has 1 fully saturated rings. The fraction of sp³-hybridized carbons (Fsp3) is 0.667. The van der Waals surface area contributed by atoms with E-state index in [-0.39, 0.29) is 0 Å². The van der Waals surface area contributed by atoms with Crippen LogP contribution in [0.4, 0.5) is 0 Å². The zero-order valence-corrected chi connectivity index (χ0v) is 10.0. The maximum absolute atomic E-state index is 9.20. The third-order valence-corrected chi connectivity index (χ3v) is 4.06. The van der Waals surface area contributed by atoms with E-state index in [4.69, 9.17) is 0 Å². The number of piperidine rings is 1. The quantitative estimate of drug-likeness (QED) is 0.853. The summed E-state index contributed by atoms with van der Waals surface area (Å²) in [6.45, 7) is 4.72. The highest BCUT2D eigenvalue weighted by molar-refractivity contribution is 7.07. The van der Waals surface area contributed by atoms with Gasteiger partial charge >= 0.3 is 0 Å². The number of aliphatic hydroxyl groups is 1. The number of likely N-dealkylation sites (tertiary alicyclic amines) is 1. The van der Waals surface area contributed by atoms with Gasteiger partial charge in [-0.3, -0.25) is 4.90 Å². The summed E-state index contributed by atoms with van der Waals surface area (Å²) in [4.78, 5) is 2.49. The van der Waals surface area contributed by atoms with Crippen LogP contribution in [0.3, 0.4) is 0 Å². The molecule has 0 spiro atoms. The van der Waals surface area contributed by atoms with Crippen molar-refractivity contribution < 1.29 is 5.11 Å². The van der Waals surface area contributed by atoms with Crippen LogP contribution in [0.1, 0.15) is 25.3 Å². The minimum atomic E-state index is 0.340. The lowest BCUT2D eigenvalue weighted by atomic mass is 9.94. The molecule has 1 aromatic rings. The number of aliphatic hydroxyl groups excluding tert-OH is 1. The average Bonchev–Trinajstić information content (AvgIpc) is 2.74. The van der Waals surface area contributed by atoms with Crippen molar-refractivity contribution in [3.05, 3.63) is 22.4 Å². The van der Waals surface area contributed by atoms with Crippen LogP contribution in [0.15, 0.2) is 16.8 Å². The van der Waals surface area contributed by atoms with E-state index in [0.717, 1.165) is 13.1 Å². The summed E-state index contributed by atoms with van der Waals surface area (Å²) >= 11 is 1.76. The van der Waals surface area contributed by atoms with E-state index in [1.54, 1.807) is 11.3 Å². The van der Waals surface area contributed by atoms with Crippen molar-refractivity contribution in [2.75, 3.05) is 13.2 Å². The first-order valence-electron chi connectivity index (χ1n) is 5.65. The Bertz CT molecular complexity index is 286. The van der Waals surface area contributed by atoms with E-state index >= 15 is 0 Å². The molecule has 1 aliphatic heterocycles. The van der Waals surface area contributed by atoms with Crippen LogP contribution in [0.2, 0.25) is 0 Å². The molecule has 15 heavy (non-hydrogen) atoms. The van der Waals surface area contributed by atoms with Gasteiger partial charge in [-0.05, 0) is 48.1 Å². The zero-order chi connectivity index (χ0) is 10.7. The third kappa shape index (κ3) is 2.80. The second kappa shape index (κ2) is 5.10. The first-order valence-corrected chi connectivity index (χ1v) is 6.60. The van der Waals surface area contributed by atoms with Gasteiger partial charge in [0.2, 0.25) is 0 Å². The summed E-state index contributed by atoms with van der Waals surface area (Å²) < 4.78 is 0. The number of nitrogens with zero attached hydrogens (tertiary/aromatic N) is 1. The van der Waals surface area contributed by atoms with Crippen LogP contribution < -0.4 is 0 Å². The summed E-state index contributed by atoms with van der Waals surface area (Å²) in [6, 6.07) is 2.85.